The maximum Gasteiger partial charge on any atom is 0.298 e. The van der Waals surface area contributed by atoms with Gasteiger partial charge in [0.05, 0.1) is 0 Å². The standard InChI is InChI=1S/C28H32N2O2/c1-2-26(31)30(21-27(32)29-19-18-28(22-29)16-10-5-11-17-28)20-25(23-12-6-3-7-13-23)24-14-8-4-9-15-24/h1,3-4,6-9,12-15,25H,5,10-11,16-22H2. The molecule has 2 amide bonds. The Morgan fingerprint density at radius 3 is 2.09 bits per heavy atom. The Balaban J connectivity index is 1.51. The van der Waals surface area contributed by atoms with Crippen LogP contribution in [0, 0.1) is 17.8 Å². The van der Waals surface area contributed by atoms with Gasteiger partial charge in [-0.25, -0.2) is 0 Å². The summed E-state index contributed by atoms with van der Waals surface area (Å²) < 4.78 is 0. The summed E-state index contributed by atoms with van der Waals surface area (Å²) in [6, 6.07) is 20.2. The molecule has 4 heteroatoms. The number of amides is 2. The minimum atomic E-state index is -0.429. The van der Waals surface area contributed by atoms with E-state index in [0.717, 1.165) is 30.6 Å². The van der Waals surface area contributed by atoms with Gasteiger partial charge < -0.3 is 9.80 Å². The second kappa shape index (κ2) is 10.0. The lowest BCUT2D eigenvalue weighted by atomic mass is 9.73. The predicted molar refractivity (Wildman–Crippen MR) is 127 cm³/mol. The maximum atomic E-state index is 13.2. The van der Waals surface area contributed by atoms with Crippen molar-refractivity contribution in [2.75, 3.05) is 26.2 Å². The lowest BCUT2D eigenvalue weighted by Gasteiger charge is -2.33. The zero-order valence-corrected chi connectivity index (χ0v) is 18.7. The highest BCUT2D eigenvalue weighted by Crippen LogP contribution is 2.43. The number of carbonyl (C=O) groups is 2. The lowest BCUT2D eigenvalue weighted by Crippen LogP contribution is -2.44. The van der Waals surface area contributed by atoms with Gasteiger partial charge in [-0.3, -0.25) is 9.59 Å². The Morgan fingerprint density at radius 2 is 1.53 bits per heavy atom. The van der Waals surface area contributed by atoms with Gasteiger partial charge in [0, 0.05) is 25.6 Å². The fourth-order valence-corrected chi connectivity index (χ4v) is 5.43. The van der Waals surface area contributed by atoms with Crippen molar-refractivity contribution in [2.45, 2.75) is 44.4 Å². The molecule has 0 unspecified atom stereocenters. The summed E-state index contributed by atoms with van der Waals surface area (Å²) in [5.74, 6) is 1.77. The summed E-state index contributed by atoms with van der Waals surface area (Å²) in [5.41, 5.74) is 2.50. The topological polar surface area (TPSA) is 40.6 Å². The molecule has 4 nitrogen and oxygen atoms in total. The summed E-state index contributed by atoms with van der Waals surface area (Å²) >= 11 is 0. The molecule has 1 aliphatic heterocycles. The molecule has 2 aromatic carbocycles. The van der Waals surface area contributed by atoms with Crippen LogP contribution in [0.4, 0.5) is 0 Å². The first-order chi connectivity index (χ1) is 15.6. The van der Waals surface area contributed by atoms with E-state index < -0.39 is 5.91 Å². The van der Waals surface area contributed by atoms with Gasteiger partial charge in [-0.1, -0.05) is 79.9 Å². The number of terminal acetylenes is 1. The average Bonchev–Trinajstić information content (AvgIpc) is 3.25. The van der Waals surface area contributed by atoms with Crippen LogP contribution < -0.4 is 0 Å². The largest absolute Gasteiger partial charge is 0.341 e. The highest BCUT2D eigenvalue weighted by atomic mass is 16.2. The molecule has 0 radical (unpaired) electrons. The molecule has 1 spiro atoms. The molecule has 2 aliphatic rings. The smallest absolute Gasteiger partial charge is 0.298 e. The van der Waals surface area contributed by atoms with Crippen molar-refractivity contribution in [3.63, 3.8) is 0 Å². The van der Waals surface area contributed by atoms with Gasteiger partial charge in [0.2, 0.25) is 5.91 Å². The highest BCUT2D eigenvalue weighted by Gasteiger charge is 2.40. The minimum absolute atomic E-state index is 0.0101. The van der Waals surface area contributed by atoms with Crippen LogP contribution in [0.3, 0.4) is 0 Å². The van der Waals surface area contributed by atoms with E-state index in [9.17, 15) is 9.59 Å². The van der Waals surface area contributed by atoms with Crippen molar-refractivity contribution >= 4 is 11.8 Å². The molecule has 166 valence electrons. The van der Waals surface area contributed by atoms with E-state index in [1.54, 1.807) is 4.90 Å². The van der Waals surface area contributed by atoms with E-state index in [4.69, 9.17) is 6.42 Å². The molecule has 0 atom stereocenters. The molecule has 32 heavy (non-hydrogen) atoms. The van der Waals surface area contributed by atoms with Crippen LogP contribution >= 0.6 is 0 Å². The number of benzene rings is 2. The number of likely N-dealkylation sites (tertiary alicyclic amines) is 1. The fraction of sp³-hybridized carbons (Fsp3) is 0.429. The fourth-order valence-electron chi connectivity index (χ4n) is 5.43. The number of hydrogen-bond donors (Lipinski definition) is 0. The van der Waals surface area contributed by atoms with E-state index in [-0.39, 0.29) is 18.4 Å². The molecule has 1 saturated carbocycles. The first-order valence-corrected chi connectivity index (χ1v) is 11.7. The van der Waals surface area contributed by atoms with E-state index in [2.05, 4.69) is 30.2 Å². The normalized spacial score (nSPS) is 17.3. The zero-order chi connectivity index (χ0) is 22.4. The first-order valence-electron chi connectivity index (χ1n) is 11.7. The Bertz CT molecular complexity index is 918. The summed E-state index contributed by atoms with van der Waals surface area (Å²) in [7, 11) is 0. The van der Waals surface area contributed by atoms with Crippen molar-refractivity contribution in [3.05, 3.63) is 71.8 Å². The van der Waals surface area contributed by atoms with Crippen molar-refractivity contribution in [3.8, 4) is 12.3 Å². The molecule has 1 aliphatic carbocycles. The second-order valence-electron chi connectivity index (χ2n) is 9.33. The summed E-state index contributed by atoms with van der Waals surface area (Å²) in [6.07, 6.45) is 12.8. The van der Waals surface area contributed by atoms with Gasteiger partial charge >= 0.3 is 0 Å². The molecule has 0 aromatic heterocycles. The molecular weight excluding hydrogens is 396 g/mol. The van der Waals surface area contributed by atoms with E-state index in [1.165, 1.54) is 32.1 Å². The van der Waals surface area contributed by atoms with Gasteiger partial charge in [0.1, 0.15) is 6.54 Å². The molecule has 0 N–H and O–H groups in total. The van der Waals surface area contributed by atoms with Gasteiger partial charge in [0.15, 0.2) is 0 Å². The van der Waals surface area contributed by atoms with Crippen molar-refractivity contribution in [2.24, 2.45) is 5.41 Å². The summed E-state index contributed by atoms with van der Waals surface area (Å²) in [6.45, 7) is 2.03. The predicted octanol–water partition coefficient (Wildman–Crippen LogP) is 4.46. The van der Waals surface area contributed by atoms with E-state index in [1.807, 2.05) is 41.3 Å². The van der Waals surface area contributed by atoms with Crippen LogP contribution in [0.25, 0.3) is 0 Å². The van der Waals surface area contributed by atoms with Crippen LogP contribution in [0.2, 0.25) is 0 Å². The SMILES string of the molecule is C#CC(=O)N(CC(=O)N1CCC2(CCCCC2)C1)CC(c1ccccc1)c1ccccc1. The van der Waals surface area contributed by atoms with Gasteiger partial charge in [-0.15, -0.1) is 6.42 Å². The van der Waals surface area contributed by atoms with Crippen LogP contribution in [0.5, 0.6) is 0 Å². The Labute approximate surface area is 191 Å². The van der Waals surface area contributed by atoms with Crippen LogP contribution in [0.15, 0.2) is 60.7 Å². The summed E-state index contributed by atoms with van der Waals surface area (Å²) in [4.78, 5) is 29.4. The van der Waals surface area contributed by atoms with Crippen molar-refractivity contribution in [1.29, 1.82) is 0 Å². The Hall–Kier alpha value is -3.06. The van der Waals surface area contributed by atoms with Gasteiger partial charge in [0.25, 0.3) is 5.91 Å². The molecule has 2 aromatic rings. The molecule has 0 bridgehead atoms. The van der Waals surface area contributed by atoms with E-state index >= 15 is 0 Å². The van der Waals surface area contributed by atoms with Crippen LogP contribution in [0.1, 0.15) is 55.6 Å². The zero-order valence-electron chi connectivity index (χ0n) is 18.7. The number of hydrogen-bond acceptors (Lipinski definition) is 2. The monoisotopic (exact) mass is 428 g/mol. The average molecular weight is 429 g/mol. The molecular formula is C28H32N2O2. The minimum Gasteiger partial charge on any atom is -0.341 e. The summed E-state index contributed by atoms with van der Waals surface area (Å²) in [5, 5.41) is 0. The Morgan fingerprint density at radius 1 is 0.938 bits per heavy atom. The third-order valence-corrected chi connectivity index (χ3v) is 7.25. The third-order valence-electron chi connectivity index (χ3n) is 7.25. The van der Waals surface area contributed by atoms with Crippen molar-refractivity contribution < 1.29 is 9.59 Å². The molecule has 1 saturated heterocycles. The van der Waals surface area contributed by atoms with Gasteiger partial charge in [-0.05, 0) is 41.7 Å². The van der Waals surface area contributed by atoms with Gasteiger partial charge in [-0.2, -0.15) is 0 Å². The van der Waals surface area contributed by atoms with Crippen LogP contribution in [-0.4, -0.2) is 47.8 Å². The molecule has 1 heterocycles. The number of rotatable bonds is 6. The second-order valence-corrected chi connectivity index (χ2v) is 9.33. The van der Waals surface area contributed by atoms with E-state index in [0.29, 0.717) is 12.0 Å². The highest BCUT2D eigenvalue weighted by molar-refractivity contribution is 5.95. The lowest BCUT2D eigenvalue weighted by molar-refractivity contribution is -0.137. The molecule has 4 rings (SSSR count). The quantitative estimate of drug-likeness (QED) is 0.637. The molecule has 2 fully saturated rings. The van der Waals surface area contributed by atoms with Crippen molar-refractivity contribution in [1.82, 2.24) is 9.80 Å². The Kier molecular flexibility index (Phi) is 6.95. The van der Waals surface area contributed by atoms with Crippen LogP contribution in [-0.2, 0) is 9.59 Å². The first kappa shape index (κ1) is 22.1. The number of nitrogens with zero attached hydrogens (tertiary/aromatic N) is 2. The maximum absolute atomic E-state index is 13.2. The third kappa shape index (κ3) is 5.05. The number of carbonyl (C=O) groups excluding carboxylic acids is 2.